The molecule has 1 heterocycles. The molecule has 0 bridgehead atoms. The summed E-state index contributed by atoms with van der Waals surface area (Å²) in [5.41, 5.74) is 1.12. The molecule has 1 aliphatic carbocycles. The Morgan fingerprint density at radius 2 is 2.17 bits per heavy atom. The fourth-order valence-electron chi connectivity index (χ4n) is 1.84. The Morgan fingerprint density at radius 1 is 1.44 bits per heavy atom. The van der Waals surface area contributed by atoms with Gasteiger partial charge in [0.05, 0.1) is 11.9 Å². The van der Waals surface area contributed by atoms with Crippen molar-refractivity contribution in [2.75, 3.05) is 12.4 Å². The van der Waals surface area contributed by atoms with Crippen molar-refractivity contribution in [3.05, 3.63) is 17.7 Å². The Hall–Kier alpha value is -1.65. The van der Waals surface area contributed by atoms with Gasteiger partial charge >= 0.3 is 0 Å². The van der Waals surface area contributed by atoms with Crippen LogP contribution in [0.3, 0.4) is 0 Å². The molecule has 0 unspecified atom stereocenters. The minimum atomic E-state index is -0.103. The van der Waals surface area contributed by atoms with E-state index in [1.807, 2.05) is 13.8 Å². The largest absolute Gasteiger partial charge is 0.385 e. The topological polar surface area (TPSA) is 66.9 Å². The Bertz CT molecular complexity index is 441. The van der Waals surface area contributed by atoms with Gasteiger partial charge in [0.25, 0.3) is 5.91 Å². The molecule has 18 heavy (non-hydrogen) atoms. The molecular weight excluding hydrogens is 228 g/mol. The summed E-state index contributed by atoms with van der Waals surface area (Å²) in [5, 5.41) is 5.97. The molecule has 5 heteroatoms. The van der Waals surface area contributed by atoms with E-state index in [2.05, 4.69) is 20.6 Å². The standard InChI is InChI=1S/C13H20N4O/c1-8(2)12-15-7-10(14-3)11(17-12)13(18)16-9-5-4-6-9/h7-9,14H,4-6H2,1-3H3,(H,16,18). The van der Waals surface area contributed by atoms with Crippen LogP contribution in [0.15, 0.2) is 6.20 Å². The molecule has 5 nitrogen and oxygen atoms in total. The maximum absolute atomic E-state index is 12.2. The van der Waals surface area contributed by atoms with Crippen LogP contribution in [0.1, 0.15) is 55.3 Å². The second kappa shape index (κ2) is 5.33. The number of aromatic nitrogens is 2. The third kappa shape index (κ3) is 2.60. The number of nitrogens with zero attached hydrogens (tertiary/aromatic N) is 2. The van der Waals surface area contributed by atoms with Gasteiger partial charge in [-0.25, -0.2) is 9.97 Å². The molecule has 0 aromatic carbocycles. The van der Waals surface area contributed by atoms with Gasteiger partial charge in [0, 0.05) is 19.0 Å². The quantitative estimate of drug-likeness (QED) is 0.854. The number of nitrogens with one attached hydrogen (secondary N) is 2. The van der Waals surface area contributed by atoms with E-state index in [4.69, 9.17) is 0 Å². The van der Waals surface area contributed by atoms with E-state index >= 15 is 0 Å². The van der Waals surface area contributed by atoms with Gasteiger partial charge in [-0.15, -0.1) is 0 Å². The maximum Gasteiger partial charge on any atom is 0.272 e. The zero-order chi connectivity index (χ0) is 13.1. The Morgan fingerprint density at radius 3 is 2.67 bits per heavy atom. The van der Waals surface area contributed by atoms with Crippen LogP contribution in [-0.2, 0) is 0 Å². The molecule has 1 aromatic heterocycles. The van der Waals surface area contributed by atoms with E-state index in [0.29, 0.717) is 23.2 Å². The number of carbonyl (C=O) groups is 1. The van der Waals surface area contributed by atoms with Crippen molar-refractivity contribution in [1.29, 1.82) is 0 Å². The van der Waals surface area contributed by atoms with Crippen LogP contribution in [0.2, 0.25) is 0 Å². The van der Waals surface area contributed by atoms with E-state index in [0.717, 1.165) is 12.8 Å². The van der Waals surface area contributed by atoms with Crippen molar-refractivity contribution in [2.24, 2.45) is 0 Å². The second-order valence-corrected chi connectivity index (χ2v) is 5.00. The van der Waals surface area contributed by atoms with Crippen molar-refractivity contribution in [2.45, 2.75) is 45.1 Å². The van der Waals surface area contributed by atoms with Crippen LogP contribution < -0.4 is 10.6 Å². The molecule has 0 spiro atoms. The van der Waals surface area contributed by atoms with Gasteiger partial charge in [-0.3, -0.25) is 4.79 Å². The maximum atomic E-state index is 12.2. The van der Waals surface area contributed by atoms with E-state index < -0.39 is 0 Å². The lowest BCUT2D eigenvalue weighted by atomic mass is 9.93. The van der Waals surface area contributed by atoms with Gasteiger partial charge in [-0.1, -0.05) is 13.8 Å². The van der Waals surface area contributed by atoms with E-state index in [9.17, 15) is 4.79 Å². The van der Waals surface area contributed by atoms with Crippen molar-refractivity contribution in [3.63, 3.8) is 0 Å². The molecule has 0 atom stereocenters. The van der Waals surface area contributed by atoms with Gasteiger partial charge < -0.3 is 10.6 Å². The Labute approximate surface area is 107 Å². The minimum Gasteiger partial charge on any atom is -0.385 e. The van der Waals surface area contributed by atoms with Crippen molar-refractivity contribution in [1.82, 2.24) is 15.3 Å². The zero-order valence-electron chi connectivity index (χ0n) is 11.2. The number of hydrogen-bond donors (Lipinski definition) is 2. The monoisotopic (exact) mass is 248 g/mol. The summed E-state index contributed by atoms with van der Waals surface area (Å²) in [4.78, 5) is 20.8. The summed E-state index contributed by atoms with van der Waals surface area (Å²) in [6.45, 7) is 4.03. The first kappa shape index (κ1) is 12.8. The SMILES string of the molecule is CNc1cnc(C(C)C)nc1C(=O)NC1CCC1. The first-order valence-electron chi connectivity index (χ1n) is 6.47. The third-order valence-corrected chi connectivity index (χ3v) is 3.25. The number of rotatable bonds is 4. The molecule has 2 N–H and O–H groups in total. The summed E-state index contributed by atoms with van der Waals surface area (Å²) in [6, 6.07) is 0.319. The number of amides is 1. The lowest BCUT2D eigenvalue weighted by Crippen LogP contribution is -2.40. The highest BCUT2D eigenvalue weighted by Gasteiger charge is 2.23. The van der Waals surface area contributed by atoms with Gasteiger partial charge in [-0.2, -0.15) is 0 Å². The predicted molar refractivity (Wildman–Crippen MR) is 70.8 cm³/mol. The van der Waals surface area contributed by atoms with Crippen molar-refractivity contribution in [3.8, 4) is 0 Å². The van der Waals surface area contributed by atoms with E-state index in [-0.39, 0.29) is 11.8 Å². The highest BCUT2D eigenvalue weighted by Crippen LogP contribution is 2.20. The molecule has 1 aromatic rings. The fraction of sp³-hybridized carbons (Fsp3) is 0.615. The summed E-state index contributed by atoms with van der Waals surface area (Å²) in [6.07, 6.45) is 5.02. The van der Waals surface area contributed by atoms with Crippen LogP contribution in [0.5, 0.6) is 0 Å². The van der Waals surface area contributed by atoms with E-state index in [1.165, 1.54) is 6.42 Å². The summed E-state index contributed by atoms with van der Waals surface area (Å²) >= 11 is 0. The molecule has 1 fully saturated rings. The minimum absolute atomic E-state index is 0.103. The Balaban J connectivity index is 2.21. The molecular formula is C13H20N4O. The summed E-state index contributed by atoms with van der Waals surface area (Å²) < 4.78 is 0. The van der Waals surface area contributed by atoms with Crippen molar-refractivity contribution < 1.29 is 4.79 Å². The smallest absolute Gasteiger partial charge is 0.272 e. The van der Waals surface area contributed by atoms with Crippen LogP contribution in [0, 0.1) is 0 Å². The lowest BCUT2D eigenvalue weighted by Gasteiger charge is -2.26. The number of hydrogen-bond acceptors (Lipinski definition) is 4. The van der Waals surface area contributed by atoms with Gasteiger partial charge in [-0.05, 0) is 19.3 Å². The average molecular weight is 248 g/mol. The molecule has 1 amide bonds. The first-order valence-corrected chi connectivity index (χ1v) is 6.47. The normalized spacial score (nSPS) is 15.3. The second-order valence-electron chi connectivity index (χ2n) is 5.00. The van der Waals surface area contributed by atoms with Crippen LogP contribution >= 0.6 is 0 Å². The highest BCUT2D eigenvalue weighted by molar-refractivity contribution is 5.97. The predicted octanol–water partition coefficient (Wildman–Crippen LogP) is 1.92. The van der Waals surface area contributed by atoms with Gasteiger partial charge in [0.1, 0.15) is 5.82 Å². The lowest BCUT2D eigenvalue weighted by molar-refractivity contribution is 0.0912. The van der Waals surface area contributed by atoms with Crippen LogP contribution in [0.4, 0.5) is 5.69 Å². The average Bonchev–Trinajstić information content (AvgIpc) is 2.32. The molecule has 0 radical (unpaired) electrons. The molecule has 0 aliphatic heterocycles. The van der Waals surface area contributed by atoms with Crippen LogP contribution in [-0.4, -0.2) is 29.0 Å². The van der Waals surface area contributed by atoms with Crippen molar-refractivity contribution >= 4 is 11.6 Å². The molecule has 0 saturated heterocycles. The van der Waals surface area contributed by atoms with E-state index in [1.54, 1.807) is 13.2 Å². The third-order valence-electron chi connectivity index (χ3n) is 3.25. The Kier molecular flexibility index (Phi) is 3.79. The summed E-state index contributed by atoms with van der Waals surface area (Å²) in [7, 11) is 1.77. The van der Waals surface area contributed by atoms with Gasteiger partial charge in [0.2, 0.25) is 0 Å². The summed E-state index contributed by atoms with van der Waals surface area (Å²) in [5.74, 6) is 0.812. The molecule has 1 aliphatic rings. The van der Waals surface area contributed by atoms with Crippen LogP contribution in [0.25, 0.3) is 0 Å². The fourth-order valence-corrected chi connectivity index (χ4v) is 1.84. The van der Waals surface area contributed by atoms with Gasteiger partial charge in [0.15, 0.2) is 5.69 Å². The number of carbonyl (C=O) groups excluding carboxylic acids is 1. The number of anilines is 1. The molecule has 1 saturated carbocycles. The zero-order valence-corrected chi connectivity index (χ0v) is 11.2. The molecule has 2 rings (SSSR count). The highest BCUT2D eigenvalue weighted by atomic mass is 16.2. The first-order chi connectivity index (χ1) is 8.61. The molecule has 98 valence electrons.